The minimum Gasteiger partial charge on any atom is -0.294 e. The molecular formula is C24H23BrO4. The Bertz CT molecular complexity index is 819. The SMILES string of the molecule is O=[C]CCCCCCC(C(=O)c1ccccc1)C(Br)([C]=O)C(=O)c1ccccc1. The highest BCUT2D eigenvalue weighted by atomic mass is 79.9. The molecule has 0 aromatic heterocycles. The van der Waals surface area contributed by atoms with E-state index in [0.717, 1.165) is 19.3 Å². The van der Waals surface area contributed by atoms with Gasteiger partial charge in [-0.15, -0.1) is 0 Å². The molecule has 2 unspecified atom stereocenters. The van der Waals surface area contributed by atoms with Gasteiger partial charge in [0.05, 0.1) is 5.92 Å². The largest absolute Gasteiger partial charge is 0.294 e. The number of hydrogen-bond acceptors (Lipinski definition) is 4. The molecule has 0 aliphatic heterocycles. The van der Waals surface area contributed by atoms with Gasteiger partial charge in [0.15, 0.2) is 22.2 Å². The molecule has 0 N–H and O–H groups in total. The molecule has 0 fully saturated rings. The molecule has 0 spiro atoms. The number of halogens is 1. The second kappa shape index (κ2) is 11.6. The van der Waals surface area contributed by atoms with Crippen molar-refractivity contribution in [3.63, 3.8) is 0 Å². The highest BCUT2D eigenvalue weighted by molar-refractivity contribution is 9.10. The molecule has 2 radical (unpaired) electrons. The van der Waals surface area contributed by atoms with Crippen molar-refractivity contribution in [2.75, 3.05) is 0 Å². The van der Waals surface area contributed by atoms with Crippen molar-refractivity contribution in [2.24, 2.45) is 5.92 Å². The van der Waals surface area contributed by atoms with Gasteiger partial charge in [-0.1, -0.05) is 95.9 Å². The third-order valence-electron chi connectivity index (χ3n) is 4.89. The van der Waals surface area contributed by atoms with E-state index in [1.54, 1.807) is 60.7 Å². The van der Waals surface area contributed by atoms with Crippen LogP contribution in [-0.4, -0.2) is 28.5 Å². The van der Waals surface area contributed by atoms with Crippen LogP contribution in [0.4, 0.5) is 0 Å². The summed E-state index contributed by atoms with van der Waals surface area (Å²) in [6, 6.07) is 17.1. The van der Waals surface area contributed by atoms with Crippen molar-refractivity contribution in [1.29, 1.82) is 0 Å². The number of hydrogen-bond donors (Lipinski definition) is 0. The summed E-state index contributed by atoms with van der Waals surface area (Å²) in [7, 11) is 0. The molecule has 2 aromatic rings. The summed E-state index contributed by atoms with van der Waals surface area (Å²) in [5.41, 5.74) is 0.799. The van der Waals surface area contributed by atoms with E-state index in [9.17, 15) is 19.2 Å². The van der Waals surface area contributed by atoms with Gasteiger partial charge in [-0.05, 0) is 12.8 Å². The number of Topliss-reactive ketones (excluding diaryl/α,β-unsaturated/α-hetero) is 2. The van der Waals surface area contributed by atoms with Gasteiger partial charge in [0.1, 0.15) is 0 Å². The van der Waals surface area contributed by atoms with Crippen LogP contribution in [0.15, 0.2) is 60.7 Å². The molecule has 2 rings (SSSR count). The van der Waals surface area contributed by atoms with Gasteiger partial charge < -0.3 is 0 Å². The first kappa shape index (κ1) is 22.9. The molecule has 5 heteroatoms. The van der Waals surface area contributed by atoms with Gasteiger partial charge in [0.25, 0.3) is 0 Å². The topological polar surface area (TPSA) is 68.3 Å². The van der Waals surface area contributed by atoms with Crippen LogP contribution in [-0.2, 0) is 9.59 Å². The fraction of sp³-hybridized carbons (Fsp3) is 0.333. The van der Waals surface area contributed by atoms with Crippen molar-refractivity contribution >= 4 is 40.1 Å². The Labute approximate surface area is 179 Å². The summed E-state index contributed by atoms with van der Waals surface area (Å²) in [4.78, 5) is 48.7. The number of unbranched alkanes of at least 4 members (excludes halogenated alkanes) is 4. The molecule has 0 aliphatic rings. The Morgan fingerprint density at radius 3 is 1.93 bits per heavy atom. The second-order valence-electron chi connectivity index (χ2n) is 6.89. The molecule has 0 bridgehead atoms. The molecule has 2 atom stereocenters. The Balaban J connectivity index is 2.28. The molecule has 0 heterocycles. The normalized spacial score (nSPS) is 13.8. The highest BCUT2D eigenvalue weighted by Gasteiger charge is 2.48. The zero-order valence-corrected chi connectivity index (χ0v) is 17.7. The minimum atomic E-state index is -1.75. The van der Waals surface area contributed by atoms with Crippen molar-refractivity contribution in [3.8, 4) is 0 Å². The van der Waals surface area contributed by atoms with E-state index in [0.29, 0.717) is 30.4 Å². The number of carbonyl (C=O) groups is 2. The van der Waals surface area contributed by atoms with Crippen molar-refractivity contribution < 1.29 is 19.2 Å². The lowest BCUT2D eigenvalue weighted by Crippen LogP contribution is -2.45. The van der Waals surface area contributed by atoms with Crippen LogP contribution in [0, 0.1) is 5.92 Å². The maximum atomic E-state index is 13.2. The van der Waals surface area contributed by atoms with E-state index in [4.69, 9.17) is 0 Å². The van der Waals surface area contributed by atoms with Gasteiger partial charge >= 0.3 is 0 Å². The molecule has 4 nitrogen and oxygen atoms in total. The fourth-order valence-corrected chi connectivity index (χ4v) is 3.95. The fourth-order valence-electron chi connectivity index (χ4n) is 3.29. The number of alkyl halides is 1. The van der Waals surface area contributed by atoms with Crippen molar-refractivity contribution in [3.05, 3.63) is 71.8 Å². The van der Waals surface area contributed by atoms with Gasteiger partial charge in [-0.25, -0.2) is 0 Å². The Morgan fingerprint density at radius 2 is 1.38 bits per heavy atom. The predicted molar refractivity (Wildman–Crippen MR) is 116 cm³/mol. The van der Waals surface area contributed by atoms with Gasteiger partial charge in [0, 0.05) is 17.5 Å². The second-order valence-corrected chi connectivity index (χ2v) is 8.14. The maximum Gasteiger partial charge on any atom is 0.225 e. The van der Waals surface area contributed by atoms with Crippen LogP contribution in [0.1, 0.15) is 59.2 Å². The lowest BCUT2D eigenvalue weighted by molar-refractivity contribution is 0.0828. The van der Waals surface area contributed by atoms with E-state index < -0.39 is 16.0 Å². The van der Waals surface area contributed by atoms with Crippen LogP contribution < -0.4 is 0 Å². The van der Waals surface area contributed by atoms with Crippen LogP contribution in [0.2, 0.25) is 0 Å². The quantitative estimate of drug-likeness (QED) is 0.183. The van der Waals surface area contributed by atoms with Crippen LogP contribution in [0.3, 0.4) is 0 Å². The van der Waals surface area contributed by atoms with Gasteiger partial charge in [-0.2, -0.15) is 0 Å². The number of benzene rings is 2. The minimum absolute atomic E-state index is 0.267. The molecule has 0 saturated carbocycles. The Hall–Kier alpha value is -2.40. The zero-order valence-electron chi connectivity index (χ0n) is 16.1. The summed E-state index contributed by atoms with van der Waals surface area (Å²) in [5, 5.41) is 0. The van der Waals surface area contributed by atoms with Gasteiger partial charge in [0.2, 0.25) is 6.29 Å². The first-order chi connectivity index (χ1) is 14.0. The Kier molecular flexibility index (Phi) is 9.13. The van der Waals surface area contributed by atoms with E-state index in [1.807, 2.05) is 12.6 Å². The standard InChI is InChI=1S/C24H23BrO4/c25-24(18-27,23(29)20-14-8-5-9-15-20)21(16-10-2-1-3-11-17-26)22(28)19-12-6-4-7-13-19/h4-9,12-15,21H,1-3,10-11,16H2. The number of carbonyl (C=O) groups excluding carboxylic acids is 4. The lowest BCUT2D eigenvalue weighted by atomic mass is 9.78. The zero-order chi connectivity index (χ0) is 21.1. The molecule has 150 valence electrons. The van der Waals surface area contributed by atoms with Crippen molar-refractivity contribution in [1.82, 2.24) is 0 Å². The summed E-state index contributed by atoms with van der Waals surface area (Å²) in [5.74, 6) is -1.62. The van der Waals surface area contributed by atoms with Crippen LogP contribution in [0.5, 0.6) is 0 Å². The first-order valence-electron chi connectivity index (χ1n) is 9.67. The van der Waals surface area contributed by atoms with E-state index in [2.05, 4.69) is 15.9 Å². The molecule has 2 aromatic carbocycles. The molecule has 0 amide bonds. The Morgan fingerprint density at radius 1 is 0.828 bits per heavy atom. The van der Waals surface area contributed by atoms with E-state index in [-0.39, 0.29) is 5.78 Å². The van der Waals surface area contributed by atoms with Crippen molar-refractivity contribution in [2.45, 2.75) is 42.8 Å². The third kappa shape index (κ3) is 6.04. The van der Waals surface area contributed by atoms with Crippen LogP contribution in [0.25, 0.3) is 0 Å². The van der Waals surface area contributed by atoms with E-state index in [1.165, 1.54) is 0 Å². The summed E-state index contributed by atoms with van der Waals surface area (Å²) < 4.78 is -1.75. The molecular weight excluding hydrogens is 432 g/mol. The summed E-state index contributed by atoms with van der Waals surface area (Å²) in [6.07, 6.45) is 7.46. The molecule has 0 aliphatic carbocycles. The van der Waals surface area contributed by atoms with Gasteiger partial charge in [-0.3, -0.25) is 19.2 Å². The predicted octanol–water partition coefficient (Wildman–Crippen LogP) is 5.06. The lowest BCUT2D eigenvalue weighted by Gasteiger charge is -2.28. The number of rotatable bonds is 13. The smallest absolute Gasteiger partial charge is 0.225 e. The highest BCUT2D eigenvalue weighted by Crippen LogP contribution is 2.36. The first-order valence-corrected chi connectivity index (χ1v) is 10.5. The molecule has 0 saturated heterocycles. The average Bonchev–Trinajstić information content (AvgIpc) is 2.78. The monoisotopic (exact) mass is 454 g/mol. The molecule has 29 heavy (non-hydrogen) atoms. The summed E-state index contributed by atoms with van der Waals surface area (Å²) >= 11 is 3.30. The number of ketones is 2. The maximum absolute atomic E-state index is 13.2. The van der Waals surface area contributed by atoms with E-state index >= 15 is 0 Å². The average molecular weight is 455 g/mol. The summed E-state index contributed by atoms with van der Waals surface area (Å²) in [6.45, 7) is 0. The van der Waals surface area contributed by atoms with Crippen LogP contribution >= 0.6 is 15.9 Å². The third-order valence-corrected chi connectivity index (χ3v) is 5.97.